The summed E-state index contributed by atoms with van der Waals surface area (Å²) in [7, 11) is 0. The van der Waals surface area contributed by atoms with E-state index in [0.717, 1.165) is 17.5 Å². The molecule has 1 amide bonds. The summed E-state index contributed by atoms with van der Waals surface area (Å²) in [6, 6.07) is -0.190. The van der Waals surface area contributed by atoms with Crippen molar-refractivity contribution in [1.29, 1.82) is 0 Å². The summed E-state index contributed by atoms with van der Waals surface area (Å²) in [5, 5.41) is 6.71. The SMILES string of the molecule is CCNC(=O)C(C)NC1=NCCS1. The number of thioether (sulfide) groups is 1. The van der Waals surface area contributed by atoms with Gasteiger partial charge in [-0.05, 0) is 13.8 Å². The Balaban J connectivity index is 2.31. The molecule has 0 aromatic rings. The number of hydrogen-bond donors (Lipinski definition) is 2. The third-order valence-electron chi connectivity index (χ3n) is 1.67. The molecule has 2 N–H and O–H groups in total. The summed E-state index contributed by atoms with van der Waals surface area (Å²) in [5.41, 5.74) is 0. The smallest absolute Gasteiger partial charge is 0.242 e. The minimum Gasteiger partial charge on any atom is -0.355 e. The first kappa shape index (κ1) is 10.4. The number of likely N-dealkylation sites (N-methyl/N-ethyl adjacent to an activating group) is 1. The lowest BCUT2D eigenvalue weighted by molar-refractivity contribution is -0.122. The standard InChI is InChI=1S/C8H15N3OS/c1-3-9-7(12)6(2)11-8-10-4-5-13-8/h6H,3-5H2,1-2H3,(H,9,12)(H,10,11). The molecule has 1 rings (SSSR count). The molecule has 74 valence electrons. The summed E-state index contributed by atoms with van der Waals surface area (Å²) in [5.74, 6) is 1.04. The Hall–Kier alpha value is -0.710. The summed E-state index contributed by atoms with van der Waals surface area (Å²) >= 11 is 1.67. The molecular formula is C8H15N3OS. The quantitative estimate of drug-likeness (QED) is 0.686. The van der Waals surface area contributed by atoms with Crippen molar-refractivity contribution in [2.75, 3.05) is 18.8 Å². The molecule has 0 aromatic carbocycles. The molecule has 1 aliphatic heterocycles. The van der Waals surface area contributed by atoms with Gasteiger partial charge in [-0.3, -0.25) is 9.79 Å². The van der Waals surface area contributed by atoms with Crippen LogP contribution in [-0.2, 0) is 4.79 Å². The topological polar surface area (TPSA) is 53.5 Å². The van der Waals surface area contributed by atoms with E-state index >= 15 is 0 Å². The van der Waals surface area contributed by atoms with Gasteiger partial charge >= 0.3 is 0 Å². The van der Waals surface area contributed by atoms with Crippen LogP contribution in [0.1, 0.15) is 13.8 Å². The van der Waals surface area contributed by atoms with E-state index in [1.165, 1.54) is 0 Å². The van der Waals surface area contributed by atoms with Crippen molar-refractivity contribution in [3.8, 4) is 0 Å². The van der Waals surface area contributed by atoms with Gasteiger partial charge in [-0.2, -0.15) is 0 Å². The largest absolute Gasteiger partial charge is 0.355 e. The molecule has 0 aromatic heterocycles. The van der Waals surface area contributed by atoms with Crippen molar-refractivity contribution in [3.63, 3.8) is 0 Å². The predicted molar refractivity (Wildman–Crippen MR) is 56.0 cm³/mol. The molecule has 0 bridgehead atoms. The number of rotatable bonds is 3. The Morgan fingerprint density at radius 1 is 1.77 bits per heavy atom. The van der Waals surface area contributed by atoms with Gasteiger partial charge in [0, 0.05) is 12.3 Å². The Labute approximate surface area is 82.6 Å². The number of hydrogen-bond acceptors (Lipinski definition) is 4. The van der Waals surface area contributed by atoms with E-state index in [-0.39, 0.29) is 11.9 Å². The molecule has 0 saturated heterocycles. The molecule has 13 heavy (non-hydrogen) atoms. The first-order valence-electron chi connectivity index (χ1n) is 4.45. The Kier molecular flexibility index (Phi) is 4.08. The molecule has 1 unspecified atom stereocenters. The van der Waals surface area contributed by atoms with Crippen LogP contribution in [0.2, 0.25) is 0 Å². The molecule has 1 heterocycles. The number of carbonyl (C=O) groups is 1. The van der Waals surface area contributed by atoms with Crippen LogP contribution in [0, 0.1) is 0 Å². The second kappa shape index (κ2) is 5.11. The highest BCUT2D eigenvalue weighted by molar-refractivity contribution is 8.14. The van der Waals surface area contributed by atoms with Crippen molar-refractivity contribution in [3.05, 3.63) is 0 Å². The van der Waals surface area contributed by atoms with Crippen LogP contribution >= 0.6 is 11.8 Å². The fraction of sp³-hybridized carbons (Fsp3) is 0.750. The lowest BCUT2D eigenvalue weighted by Gasteiger charge is -2.13. The van der Waals surface area contributed by atoms with Gasteiger partial charge in [0.25, 0.3) is 0 Å². The Morgan fingerprint density at radius 2 is 2.54 bits per heavy atom. The van der Waals surface area contributed by atoms with Gasteiger partial charge in [-0.25, -0.2) is 0 Å². The Morgan fingerprint density at radius 3 is 3.08 bits per heavy atom. The van der Waals surface area contributed by atoms with Gasteiger partial charge in [0.15, 0.2) is 5.17 Å². The van der Waals surface area contributed by atoms with E-state index < -0.39 is 0 Å². The maximum atomic E-state index is 11.3. The number of aliphatic imine (C=N–C) groups is 1. The van der Waals surface area contributed by atoms with Gasteiger partial charge in [-0.15, -0.1) is 0 Å². The van der Waals surface area contributed by atoms with E-state index in [1.54, 1.807) is 11.8 Å². The summed E-state index contributed by atoms with van der Waals surface area (Å²) in [6.07, 6.45) is 0. The van der Waals surface area contributed by atoms with Gasteiger partial charge in [0.05, 0.1) is 6.54 Å². The molecule has 4 nitrogen and oxygen atoms in total. The van der Waals surface area contributed by atoms with Gasteiger partial charge < -0.3 is 10.6 Å². The fourth-order valence-electron chi connectivity index (χ4n) is 1.00. The van der Waals surface area contributed by atoms with Gasteiger partial charge in [0.2, 0.25) is 5.91 Å². The molecule has 1 aliphatic rings. The second-order valence-corrected chi connectivity index (χ2v) is 3.88. The molecule has 0 fully saturated rings. The molecule has 0 aliphatic carbocycles. The van der Waals surface area contributed by atoms with Crippen LogP contribution in [0.5, 0.6) is 0 Å². The number of nitrogens with one attached hydrogen (secondary N) is 2. The number of amidine groups is 1. The molecule has 0 radical (unpaired) electrons. The van der Waals surface area contributed by atoms with Crippen LogP contribution in [0.4, 0.5) is 0 Å². The second-order valence-electron chi connectivity index (χ2n) is 2.80. The maximum Gasteiger partial charge on any atom is 0.242 e. The average Bonchev–Trinajstić information content (AvgIpc) is 2.57. The van der Waals surface area contributed by atoms with Crippen LogP contribution in [0.15, 0.2) is 4.99 Å². The highest BCUT2D eigenvalue weighted by Crippen LogP contribution is 2.09. The first-order valence-corrected chi connectivity index (χ1v) is 5.44. The van der Waals surface area contributed by atoms with Crippen LogP contribution < -0.4 is 10.6 Å². The summed E-state index contributed by atoms with van der Waals surface area (Å²) in [6.45, 7) is 5.28. The zero-order chi connectivity index (χ0) is 9.68. The third-order valence-corrected chi connectivity index (χ3v) is 2.58. The minimum atomic E-state index is -0.190. The number of amides is 1. The summed E-state index contributed by atoms with van der Waals surface area (Å²) < 4.78 is 0. The minimum absolute atomic E-state index is 0.0256. The number of carbonyl (C=O) groups excluding carboxylic acids is 1. The molecule has 1 atom stereocenters. The number of nitrogens with zero attached hydrogens (tertiary/aromatic N) is 1. The predicted octanol–water partition coefficient (Wildman–Crippen LogP) is 0.203. The Bertz CT molecular complexity index is 217. The van der Waals surface area contributed by atoms with Crippen LogP contribution in [-0.4, -0.2) is 36.0 Å². The zero-order valence-electron chi connectivity index (χ0n) is 7.96. The first-order chi connectivity index (χ1) is 6.24. The fourth-order valence-corrected chi connectivity index (χ4v) is 1.82. The van der Waals surface area contributed by atoms with Crippen LogP contribution in [0.25, 0.3) is 0 Å². The van der Waals surface area contributed by atoms with Crippen molar-refractivity contribution in [2.24, 2.45) is 4.99 Å². The lowest BCUT2D eigenvalue weighted by atomic mass is 10.3. The molecular weight excluding hydrogens is 186 g/mol. The zero-order valence-corrected chi connectivity index (χ0v) is 8.78. The summed E-state index contributed by atoms with van der Waals surface area (Å²) in [4.78, 5) is 15.5. The lowest BCUT2D eigenvalue weighted by Crippen LogP contribution is -2.43. The van der Waals surface area contributed by atoms with E-state index in [0.29, 0.717) is 6.54 Å². The van der Waals surface area contributed by atoms with E-state index in [1.807, 2.05) is 13.8 Å². The third kappa shape index (κ3) is 3.26. The normalized spacial score (nSPS) is 17.8. The average molecular weight is 201 g/mol. The highest BCUT2D eigenvalue weighted by Gasteiger charge is 2.15. The van der Waals surface area contributed by atoms with E-state index in [9.17, 15) is 4.79 Å². The van der Waals surface area contributed by atoms with Crippen LogP contribution in [0.3, 0.4) is 0 Å². The monoisotopic (exact) mass is 201 g/mol. The van der Waals surface area contributed by atoms with Crippen molar-refractivity contribution >= 4 is 22.8 Å². The maximum absolute atomic E-state index is 11.3. The molecule has 0 saturated carbocycles. The van der Waals surface area contributed by atoms with Crippen molar-refractivity contribution in [1.82, 2.24) is 10.6 Å². The molecule has 5 heteroatoms. The van der Waals surface area contributed by atoms with Crippen molar-refractivity contribution in [2.45, 2.75) is 19.9 Å². The van der Waals surface area contributed by atoms with E-state index in [2.05, 4.69) is 15.6 Å². The molecule has 0 spiro atoms. The highest BCUT2D eigenvalue weighted by atomic mass is 32.2. The van der Waals surface area contributed by atoms with Crippen molar-refractivity contribution < 1.29 is 4.79 Å². The van der Waals surface area contributed by atoms with Gasteiger partial charge in [-0.1, -0.05) is 11.8 Å². The van der Waals surface area contributed by atoms with Gasteiger partial charge in [0.1, 0.15) is 6.04 Å². The van der Waals surface area contributed by atoms with E-state index in [4.69, 9.17) is 0 Å².